The van der Waals surface area contributed by atoms with Gasteiger partial charge >= 0.3 is 0 Å². The Labute approximate surface area is 114 Å². The molecule has 1 aromatic rings. The minimum atomic E-state index is -0.00339. The van der Waals surface area contributed by atoms with E-state index in [1.165, 1.54) is 0 Å². The third-order valence-electron chi connectivity index (χ3n) is 3.48. The van der Waals surface area contributed by atoms with E-state index < -0.39 is 0 Å². The molecular formula is C14H23N3O2. The van der Waals surface area contributed by atoms with E-state index in [1.54, 1.807) is 0 Å². The van der Waals surface area contributed by atoms with Crippen molar-refractivity contribution < 1.29 is 9.53 Å². The number of hydrogen-bond acceptors (Lipinski definition) is 3. The topological polar surface area (TPSA) is 55.3 Å². The molecule has 1 fully saturated rings. The number of ether oxygens (including phenoxy) is 1. The molecule has 0 aromatic carbocycles. The van der Waals surface area contributed by atoms with Crippen LogP contribution < -0.4 is 10.7 Å². The van der Waals surface area contributed by atoms with E-state index in [2.05, 4.69) is 10.7 Å². The molecule has 0 unspecified atom stereocenters. The molecule has 2 N–H and O–H groups in total. The van der Waals surface area contributed by atoms with E-state index in [9.17, 15) is 4.79 Å². The Morgan fingerprint density at radius 3 is 2.63 bits per heavy atom. The summed E-state index contributed by atoms with van der Waals surface area (Å²) in [6, 6.07) is 3.97. The van der Waals surface area contributed by atoms with Crippen LogP contribution in [0.1, 0.15) is 30.7 Å². The number of carbonyl (C=O) groups excluding carboxylic acids is 1. The molecule has 1 aliphatic heterocycles. The molecule has 2 rings (SSSR count). The molecule has 2 heterocycles. The van der Waals surface area contributed by atoms with Crippen molar-refractivity contribution >= 4 is 5.91 Å². The highest BCUT2D eigenvalue weighted by Crippen LogP contribution is 2.08. The van der Waals surface area contributed by atoms with Crippen LogP contribution in [0.5, 0.6) is 0 Å². The predicted molar refractivity (Wildman–Crippen MR) is 74.7 cm³/mol. The van der Waals surface area contributed by atoms with Crippen molar-refractivity contribution in [3.8, 4) is 0 Å². The van der Waals surface area contributed by atoms with Gasteiger partial charge in [0.1, 0.15) is 0 Å². The highest BCUT2D eigenvalue weighted by molar-refractivity contribution is 5.83. The zero-order valence-corrected chi connectivity index (χ0v) is 11.7. The Bertz CT molecular complexity index is 403. The van der Waals surface area contributed by atoms with Crippen LogP contribution in [-0.4, -0.2) is 36.4 Å². The van der Waals surface area contributed by atoms with Crippen LogP contribution in [-0.2, 0) is 9.53 Å². The molecule has 0 radical (unpaired) electrons. The standard InChI is InChI=1S/C14H23N3O2/c1-11-3-4-12(2)17(11)16-14(18)7-10-19-13-5-8-15-9-6-13/h3-4,13,15H,5-10H2,1-2H3,(H,16,18). The Morgan fingerprint density at radius 2 is 2.00 bits per heavy atom. The lowest BCUT2D eigenvalue weighted by atomic mass is 10.1. The van der Waals surface area contributed by atoms with Crippen molar-refractivity contribution in [1.29, 1.82) is 0 Å². The molecule has 0 spiro atoms. The molecule has 5 nitrogen and oxygen atoms in total. The first-order chi connectivity index (χ1) is 9.16. The summed E-state index contributed by atoms with van der Waals surface area (Å²) >= 11 is 0. The van der Waals surface area contributed by atoms with E-state index >= 15 is 0 Å². The van der Waals surface area contributed by atoms with Gasteiger partial charge in [0.15, 0.2) is 0 Å². The summed E-state index contributed by atoms with van der Waals surface area (Å²) in [7, 11) is 0. The fraction of sp³-hybridized carbons (Fsp3) is 0.643. The van der Waals surface area contributed by atoms with E-state index in [1.807, 2.05) is 30.7 Å². The number of hydrogen-bond donors (Lipinski definition) is 2. The average Bonchev–Trinajstić information content (AvgIpc) is 2.72. The van der Waals surface area contributed by atoms with Crippen LogP contribution in [0.4, 0.5) is 0 Å². The summed E-state index contributed by atoms with van der Waals surface area (Å²) in [5, 5.41) is 3.29. The monoisotopic (exact) mass is 265 g/mol. The first kappa shape index (κ1) is 14.1. The van der Waals surface area contributed by atoms with Gasteiger partial charge in [-0.25, -0.2) is 0 Å². The van der Waals surface area contributed by atoms with E-state index in [0.29, 0.717) is 19.1 Å². The molecule has 1 amide bonds. The molecule has 0 saturated carbocycles. The SMILES string of the molecule is Cc1ccc(C)n1NC(=O)CCOC1CCNCC1. The van der Waals surface area contributed by atoms with Crippen LogP contribution in [0, 0.1) is 13.8 Å². The molecule has 1 saturated heterocycles. The summed E-state index contributed by atoms with van der Waals surface area (Å²) in [5.74, 6) is -0.00339. The van der Waals surface area contributed by atoms with Crippen LogP contribution in [0.15, 0.2) is 12.1 Å². The molecular weight excluding hydrogens is 242 g/mol. The van der Waals surface area contributed by atoms with Gasteiger partial charge in [-0.1, -0.05) is 0 Å². The van der Waals surface area contributed by atoms with Crippen molar-refractivity contribution in [1.82, 2.24) is 9.99 Å². The number of aryl methyl sites for hydroxylation is 2. The lowest BCUT2D eigenvalue weighted by molar-refractivity contribution is -0.118. The smallest absolute Gasteiger partial charge is 0.241 e. The molecule has 5 heteroatoms. The van der Waals surface area contributed by atoms with Gasteiger partial charge in [-0.05, 0) is 51.9 Å². The highest BCUT2D eigenvalue weighted by Gasteiger charge is 2.14. The zero-order chi connectivity index (χ0) is 13.7. The van der Waals surface area contributed by atoms with Crippen molar-refractivity contribution in [2.24, 2.45) is 0 Å². The van der Waals surface area contributed by atoms with Crippen molar-refractivity contribution in [2.75, 3.05) is 25.1 Å². The van der Waals surface area contributed by atoms with Crippen molar-refractivity contribution in [3.63, 3.8) is 0 Å². The molecule has 106 valence electrons. The summed E-state index contributed by atoms with van der Waals surface area (Å²) in [5.41, 5.74) is 4.95. The Morgan fingerprint density at radius 1 is 1.37 bits per heavy atom. The van der Waals surface area contributed by atoms with Gasteiger partial charge in [-0.15, -0.1) is 0 Å². The second-order valence-corrected chi connectivity index (χ2v) is 5.06. The molecule has 1 aliphatic rings. The third-order valence-corrected chi connectivity index (χ3v) is 3.48. The second-order valence-electron chi connectivity index (χ2n) is 5.06. The van der Waals surface area contributed by atoms with Crippen molar-refractivity contribution in [2.45, 2.75) is 39.2 Å². The van der Waals surface area contributed by atoms with Crippen molar-refractivity contribution in [3.05, 3.63) is 23.5 Å². The number of rotatable bonds is 5. The van der Waals surface area contributed by atoms with Gasteiger partial charge in [-0.3, -0.25) is 14.9 Å². The third kappa shape index (κ3) is 4.08. The molecule has 1 aromatic heterocycles. The number of carbonyl (C=O) groups is 1. The summed E-state index contributed by atoms with van der Waals surface area (Å²) < 4.78 is 7.54. The number of nitrogens with one attached hydrogen (secondary N) is 2. The number of aromatic nitrogens is 1. The predicted octanol–water partition coefficient (Wildman–Crippen LogP) is 1.33. The van der Waals surface area contributed by atoms with Gasteiger partial charge in [-0.2, -0.15) is 0 Å². The van der Waals surface area contributed by atoms with E-state index in [0.717, 1.165) is 37.3 Å². The van der Waals surface area contributed by atoms with Gasteiger partial charge in [0, 0.05) is 11.4 Å². The fourth-order valence-corrected chi connectivity index (χ4v) is 2.31. The molecule has 0 aliphatic carbocycles. The maximum atomic E-state index is 11.8. The zero-order valence-electron chi connectivity index (χ0n) is 11.7. The van der Waals surface area contributed by atoms with Crippen LogP contribution in [0.3, 0.4) is 0 Å². The molecule has 0 atom stereocenters. The lowest BCUT2D eigenvalue weighted by Gasteiger charge is -2.22. The van der Waals surface area contributed by atoms with E-state index in [-0.39, 0.29) is 5.91 Å². The van der Waals surface area contributed by atoms with E-state index in [4.69, 9.17) is 4.74 Å². The number of amides is 1. The number of nitrogens with zero attached hydrogens (tertiary/aromatic N) is 1. The van der Waals surface area contributed by atoms with Gasteiger partial charge in [0.05, 0.1) is 19.1 Å². The highest BCUT2D eigenvalue weighted by atomic mass is 16.5. The summed E-state index contributed by atoms with van der Waals surface area (Å²) in [6.45, 7) is 6.46. The fourth-order valence-electron chi connectivity index (χ4n) is 2.31. The number of piperidine rings is 1. The van der Waals surface area contributed by atoms with Gasteiger partial charge in [0.25, 0.3) is 0 Å². The van der Waals surface area contributed by atoms with Gasteiger partial charge in [0.2, 0.25) is 5.91 Å². The normalized spacial score (nSPS) is 16.5. The Hall–Kier alpha value is -1.33. The summed E-state index contributed by atoms with van der Waals surface area (Å²) in [6.07, 6.45) is 2.79. The quantitative estimate of drug-likeness (QED) is 0.844. The Kier molecular flexibility index (Phi) is 4.99. The minimum Gasteiger partial charge on any atom is -0.378 e. The van der Waals surface area contributed by atoms with Crippen LogP contribution in [0.2, 0.25) is 0 Å². The Balaban J connectivity index is 1.70. The molecule has 0 bridgehead atoms. The first-order valence-electron chi connectivity index (χ1n) is 6.94. The second kappa shape index (κ2) is 6.73. The maximum Gasteiger partial charge on any atom is 0.241 e. The lowest BCUT2D eigenvalue weighted by Crippen LogP contribution is -2.33. The van der Waals surface area contributed by atoms with Gasteiger partial charge < -0.3 is 10.1 Å². The minimum absolute atomic E-state index is 0.00339. The average molecular weight is 265 g/mol. The molecule has 19 heavy (non-hydrogen) atoms. The van der Waals surface area contributed by atoms with Crippen LogP contribution >= 0.6 is 0 Å². The largest absolute Gasteiger partial charge is 0.378 e. The first-order valence-corrected chi connectivity index (χ1v) is 6.94. The summed E-state index contributed by atoms with van der Waals surface area (Å²) in [4.78, 5) is 11.8. The maximum absolute atomic E-state index is 11.8. The van der Waals surface area contributed by atoms with Crippen LogP contribution in [0.25, 0.3) is 0 Å².